The van der Waals surface area contributed by atoms with Gasteiger partial charge < -0.3 is 14.2 Å². The molecule has 6 nitrogen and oxygen atoms in total. The van der Waals surface area contributed by atoms with Gasteiger partial charge in [-0.1, -0.05) is 6.58 Å². The number of hydrogen-bond acceptors (Lipinski definition) is 6. The van der Waals surface area contributed by atoms with E-state index in [1.165, 1.54) is 77.0 Å². The summed E-state index contributed by atoms with van der Waals surface area (Å²) < 4.78 is 20.3. The van der Waals surface area contributed by atoms with Crippen LogP contribution in [-0.4, -0.2) is 34.7 Å². The first-order valence-corrected chi connectivity index (χ1v) is 26.5. The molecule has 0 heterocycles. The Morgan fingerprint density at radius 1 is 0.508 bits per heavy atom. The van der Waals surface area contributed by atoms with Gasteiger partial charge >= 0.3 is 17.9 Å². The fraction of sp³-hybridized carbons (Fsp3) is 0.909. The third-order valence-corrected chi connectivity index (χ3v) is 26.9. The van der Waals surface area contributed by atoms with Crippen molar-refractivity contribution < 1.29 is 28.6 Å². The maximum atomic E-state index is 15.5. The SMILES string of the molecule is C=C(CC(C(=O)OC12CC3C4C5CC6CC78CC9CC(C57)C3C(C9)(C1)C8C4(C6)C2)C(=O)OC12CC3C4C5CC6CC78CC9CC(C57)C3C(C9)(C1)C8C4(C6)C2)C(=O)OC(C)(C)C. The van der Waals surface area contributed by atoms with Gasteiger partial charge in [0.25, 0.3) is 0 Å². The minimum Gasteiger partial charge on any atom is -0.458 e. The molecule has 16 atom stereocenters. The maximum Gasteiger partial charge on any atom is 0.333 e. The highest BCUT2D eigenvalue weighted by molar-refractivity contribution is 5.98. The quantitative estimate of drug-likeness (QED) is 0.110. The zero-order chi connectivity index (χ0) is 40.3. The molecule has 26 bridgehead atoms. The van der Waals surface area contributed by atoms with Gasteiger partial charge in [-0.3, -0.25) is 9.59 Å². The Hall–Kier alpha value is -1.85. The maximum absolute atomic E-state index is 15.5. The molecule has 0 aliphatic heterocycles. The van der Waals surface area contributed by atoms with Crippen LogP contribution in [0.15, 0.2) is 12.2 Å². The van der Waals surface area contributed by atoms with Crippen LogP contribution in [0, 0.1) is 145 Å². The van der Waals surface area contributed by atoms with Crippen LogP contribution in [-0.2, 0) is 28.6 Å². The molecule has 26 fully saturated rings. The topological polar surface area (TPSA) is 78.9 Å². The zero-order valence-corrected chi connectivity index (χ0v) is 37.1. The summed E-state index contributed by atoms with van der Waals surface area (Å²) in [7, 11) is 0. The number of rotatable bonds is 7. The van der Waals surface area contributed by atoms with E-state index >= 15 is 9.59 Å². The fourth-order valence-electron chi connectivity index (χ4n) is 30.2. The molecule has 6 spiro atoms. The van der Waals surface area contributed by atoms with Crippen LogP contribution in [0.4, 0.5) is 0 Å². The van der Waals surface area contributed by atoms with Gasteiger partial charge in [0.05, 0.1) is 0 Å². The summed E-state index contributed by atoms with van der Waals surface area (Å²) in [5.74, 6) is 13.0. The van der Waals surface area contributed by atoms with Crippen molar-refractivity contribution in [1.82, 2.24) is 0 Å². The van der Waals surface area contributed by atoms with Crippen LogP contribution < -0.4 is 0 Å². The molecule has 324 valence electrons. The first kappa shape index (κ1) is 34.5. The van der Waals surface area contributed by atoms with Crippen LogP contribution in [0.25, 0.3) is 0 Å². The van der Waals surface area contributed by atoms with Gasteiger partial charge in [-0.2, -0.15) is 0 Å². The van der Waals surface area contributed by atoms with E-state index in [9.17, 15) is 4.79 Å². The normalized spacial score (nSPS) is 67.9. The third kappa shape index (κ3) is 3.21. The van der Waals surface area contributed by atoms with Crippen LogP contribution >= 0.6 is 0 Å². The lowest BCUT2D eigenvalue weighted by Crippen LogP contribution is -2.90. The highest BCUT2D eigenvalue weighted by Gasteiger charge is 2.94. The number of carbonyl (C=O) groups excluding carboxylic acids is 3. The van der Waals surface area contributed by atoms with E-state index in [4.69, 9.17) is 14.2 Å². The molecule has 26 aliphatic rings. The first-order chi connectivity index (χ1) is 29.1. The summed E-state index contributed by atoms with van der Waals surface area (Å²) >= 11 is 0. The lowest BCUT2D eigenvalue weighted by Gasteiger charge is -2.94. The molecule has 0 aromatic heterocycles. The number of carbonyl (C=O) groups is 3. The summed E-state index contributed by atoms with van der Waals surface area (Å²) in [4.78, 5) is 44.6. The lowest BCUT2D eigenvalue weighted by atomic mass is 9.10. The monoisotopic (exact) mass is 825 g/mol. The molecule has 26 aliphatic carbocycles. The molecule has 0 aromatic carbocycles. The first-order valence-electron chi connectivity index (χ1n) is 26.5. The second-order valence-corrected chi connectivity index (χ2v) is 29.6. The molecular formula is C55H68O6. The Balaban J connectivity index is 0.712. The Morgan fingerprint density at radius 3 is 1.18 bits per heavy atom. The van der Waals surface area contributed by atoms with Gasteiger partial charge in [-0.25, -0.2) is 4.79 Å². The molecule has 0 aromatic rings. The molecule has 0 amide bonds. The Kier molecular flexibility index (Phi) is 5.24. The average Bonchev–Trinajstić information content (AvgIpc) is 3.12. The molecule has 6 heteroatoms. The standard InChI is InChI=1S/C55H68O6/c1-24(42(56)59-47(2,3)4)5-33(43(57)60-48-18-34-38-29-6-25-10-50-11-26-7-30(36(29)50)39(34)53(15-26,21-48)45(50)52(38,14-25)20-48)44(58)61-49-19-35-40-31-8-27-12-51-13-28-9-32(37(31)51)41(35)55(17-28,23-49)46(51)54(40,16-27)22-49/h25-41,45-46H,1,5-23H2,2-4H3. The van der Waals surface area contributed by atoms with Gasteiger partial charge in [0.15, 0.2) is 5.92 Å². The number of ether oxygens (including phenoxy) is 3. The largest absolute Gasteiger partial charge is 0.458 e. The van der Waals surface area contributed by atoms with Gasteiger partial charge in [0.2, 0.25) is 0 Å². The van der Waals surface area contributed by atoms with E-state index in [1.807, 2.05) is 20.8 Å². The molecule has 26 rings (SSSR count). The van der Waals surface area contributed by atoms with Crippen molar-refractivity contribution in [3.8, 4) is 0 Å². The summed E-state index contributed by atoms with van der Waals surface area (Å²) in [6.07, 6.45) is 23.5. The fourth-order valence-corrected chi connectivity index (χ4v) is 30.2. The summed E-state index contributed by atoms with van der Waals surface area (Å²) in [6.45, 7) is 9.83. The smallest absolute Gasteiger partial charge is 0.333 e. The number of hydrogen-bond donors (Lipinski definition) is 0. The van der Waals surface area contributed by atoms with E-state index in [0.717, 1.165) is 133 Å². The predicted molar refractivity (Wildman–Crippen MR) is 221 cm³/mol. The summed E-state index contributed by atoms with van der Waals surface area (Å²) in [6, 6.07) is 0. The predicted octanol–water partition coefficient (Wildman–Crippen LogP) is 9.73. The van der Waals surface area contributed by atoms with E-state index in [0.29, 0.717) is 44.3 Å². The molecule has 26 saturated carbocycles. The van der Waals surface area contributed by atoms with Crippen molar-refractivity contribution >= 4 is 17.9 Å². The number of esters is 3. The minimum absolute atomic E-state index is 0.0713. The van der Waals surface area contributed by atoms with Crippen molar-refractivity contribution in [3.05, 3.63) is 12.2 Å². The lowest BCUT2D eigenvalue weighted by molar-refractivity contribution is -0.472. The van der Waals surface area contributed by atoms with Crippen LogP contribution in [0.1, 0.15) is 143 Å². The van der Waals surface area contributed by atoms with Crippen molar-refractivity contribution in [1.29, 1.82) is 0 Å². The van der Waals surface area contributed by atoms with E-state index in [-0.39, 0.29) is 12.0 Å². The Morgan fingerprint density at radius 2 is 0.836 bits per heavy atom. The van der Waals surface area contributed by atoms with Gasteiger partial charge in [-0.05, 0) is 275 Å². The molecule has 0 radical (unpaired) electrons. The van der Waals surface area contributed by atoms with Crippen molar-refractivity contribution in [2.24, 2.45) is 145 Å². The van der Waals surface area contributed by atoms with Crippen LogP contribution in [0.2, 0.25) is 0 Å². The second-order valence-electron chi connectivity index (χ2n) is 29.6. The molecule has 0 saturated heterocycles. The molecular weight excluding hydrogens is 757 g/mol. The molecule has 0 N–H and O–H groups in total. The van der Waals surface area contributed by atoms with Gasteiger partial charge in [0.1, 0.15) is 16.8 Å². The zero-order valence-electron chi connectivity index (χ0n) is 37.1. The van der Waals surface area contributed by atoms with Gasteiger partial charge in [-0.15, -0.1) is 0 Å². The Bertz CT molecular complexity index is 2050. The van der Waals surface area contributed by atoms with E-state index in [2.05, 4.69) is 6.58 Å². The highest BCUT2D eigenvalue weighted by atomic mass is 16.6. The second kappa shape index (κ2) is 9.27. The minimum atomic E-state index is -1.18. The molecule has 61 heavy (non-hydrogen) atoms. The summed E-state index contributed by atoms with van der Waals surface area (Å²) in [5, 5.41) is 0. The Labute approximate surface area is 361 Å². The van der Waals surface area contributed by atoms with E-state index in [1.54, 1.807) is 0 Å². The van der Waals surface area contributed by atoms with Crippen LogP contribution in [0.5, 0.6) is 0 Å². The van der Waals surface area contributed by atoms with Crippen molar-refractivity contribution in [2.75, 3.05) is 0 Å². The van der Waals surface area contributed by atoms with Crippen LogP contribution in [0.3, 0.4) is 0 Å². The van der Waals surface area contributed by atoms with Crippen molar-refractivity contribution in [3.63, 3.8) is 0 Å². The highest BCUT2D eigenvalue weighted by Crippen LogP contribution is 2.98. The summed E-state index contributed by atoms with van der Waals surface area (Å²) in [5.41, 5.74) is 0.983. The molecule has 16 unspecified atom stereocenters. The van der Waals surface area contributed by atoms with Crippen molar-refractivity contribution in [2.45, 2.75) is 160 Å². The average molecular weight is 825 g/mol. The van der Waals surface area contributed by atoms with Gasteiger partial charge in [0, 0.05) is 12.0 Å². The van der Waals surface area contributed by atoms with E-state index < -0.39 is 40.6 Å². The third-order valence-electron chi connectivity index (χ3n) is 26.9.